The lowest BCUT2D eigenvalue weighted by molar-refractivity contribution is 0.362. The molecular weight excluding hydrogens is 222 g/mol. The Balaban J connectivity index is 2.11. The molecule has 0 aromatic rings. The number of nitrogens with zero attached hydrogens (tertiary/aromatic N) is 1. The van der Waals surface area contributed by atoms with E-state index < -0.39 is 10.0 Å². The maximum Gasteiger partial charge on any atom is 0.217 e. The lowest BCUT2D eigenvalue weighted by Gasteiger charge is -2.30. The van der Waals surface area contributed by atoms with E-state index >= 15 is 0 Å². The van der Waals surface area contributed by atoms with Crippen LogP contribution in [0, 0.1) is 0 Å². The van der Waals surface area contributed by atoms with Gasteiger partial charge in [0.25, 0.3) is 0 Å². The quantitative estimate of drug-likeness (QED) is 0.766. The summed E-state index contributed by atoms with van der Waals surface area (Å²) < 4.78 is 26.8. The van der Waals surface area contributed by atoms with Gasteiger partial charge in [-0.05, 0) is 32.1 Å². The van der Waals surface area contributed by atoms with Crippen LogP contribution in [0.2, 0.25) is 0 Å². The molecule has 1 saturated heterocycles. The third-order valence-corrected chi connectivity index (χ3v) is 6.54. The summed E-state index contributed by atoms with van der Waals surface area (Å²) in [7, 11) is -2.99. The Labute approximate surface area is 99.3 Å². The largest absolute Gasteiger partial charge is 0.217 e. The van der Waals surface area contributed by atoms with E-state index in [9.17, 15) is 8.42 Å². The molecule has 0 aromatic heterocycles. The Hall–Kier alpha value is -0.0900. The normalized spacial score (nSPS) is 29.7. The minimum atomic E-state index is -2.99. The molecule has 1 heterocycles. The maximum atomic E-state index is 12.5. The van der Waals surface area contributed by atoms with Crippen molar-refractivity contribution in [2.75, 3.05) is 6.54 Å². The van der Waals surface area contributed by atoms with Crippen LogP contribution in [-0.4, -0.2) is 30.6 Å². The first kappa shape index (κ1) is 12.4. The molecule has 0 spiro atoms. The zero-order valence-corrected chi connectivity index (χ0v) is 11.0. The molecule has 16 heavy (non-hydrogen) atoms. The van der Waals surface area contributed by atoms with Gasteiger partial charge in [0.1, 0.15) is 0 Å². The molecule has 0 bridgehead atoms. The molecule has 2 fully saturated rings. The summed E-state index contributed by atoms with van der Waals surface area (Å²) in [6.45, 7) is 2.86. The smallest absolute Gasteiger partial charge is 0.212 e. The molecule has 3 nitrogen and oxygen atoms in total. The first-order valence-corrected chi connectivity index (χ1v) is 8.17. The third-order valence-electron chi connectivity index (χ3n) is 4.09. The Morgan fingerprint density at radius 2 is 1.75 bits per heavy atom. The molecular formula is C12H23NO2S. The highest BCUT2D eigenvalue weighted by atomic mass is 32.2. The fourth-order valence-corrected chi connectivity index (χ4v) is 5.47. The highest BCUT2D eigenvalue weighted by Crippen LogP contribution is 2.31. The van der Waals surface area contributed by atoms with Gasteiger partial charge in [0.05, 0.1) is 5.25 Å². The van der Waals surface area contributed by atoms with E-state index in [0.29, 0.717) is 0 Å². The van der Waals surface area contributed by atoms with E-state index in [2.05, 4.69) is 6.92 Å². The minimum absolute atomic E-state index is 0.0756. The second-order valence-corrected chi connectivity index (χ2v) is 7.29. The average Bonchev–Trinajstić information content (AvgIpc) is 2.79. The molecule has 0 N–H and O–H groups in total. The number of rotatable bonds is 3. The highest BCUT2D eigenvalue weighted by Gasteiger charge is 2.38. The van der Waals surface area contributed by atoms with E-state index in [1.165, 1.54) is 6.42 Å². The zero-order valence-electron chi connectivity index (χ0n) is 10.2. The molecule has 0 aromatic carbocycles. The van der Waals surface area contributed by atoms with E-state index in [0.717, 1.165) is 51.5 Å². The Bertz CT molecular complexity index is 320. The zero-order chi connectivity index (χ0) is 11.6. The van der Waals surface area contributed by atoms with E-state index in [-0.39, 0.29) is 11.3 Å². The summed E-state index contributed by atoms with van der Waals surface area (Å²) in [6, 6.07) is 0.284. The van der Waals surface area contributed by atoms with Crippen molar-refractivity contribution in [1.29, 1.82) is 0 Å². The van der Waals surface area contributed by atoms with E-state index in [4.69, 9.17) is 0 Å². The summed E-state index contributed by atoms with van der Waals surface area (Å²) in [5, 5.41) is -0.0756. The van der Waals surface area contributed by atoms with Crippen LogP contribution in [0.3, 0.4) is 0 Å². The first-order valence-electron chi connectivity index (χ1n) is 6.67. The number of hydrogen-bond acceptors (Lipinski definition) is 2. The number of sulfonamides is 1. The molecule has 1 atom stereocenters. The highest BCUT2D eigenvalue weighted by molar-refractivity contribution is 7.89. The maximum absolute atomic E-state index is 12.5. The van der Waals surface area contributed by atoms with Gasteiger partial charge in [0, 0.05) is 12.6 Å². The lowest BCUT2D eigenvalue weighted by Crippen LogP contribution is -2.42. The van der Waals surface area contributed by atoms with Crippen LogP contribution in [0.5, 0.6) is 0 Å². The van der Waals surface area contributed by atoms with Gasteiger partial charge in [-0.3, -0.25) is 0 Å². The van der Waals surface area contributed by atoms with Gasteiger partial charge in [-0.2, -0.15) is 4.31 Å². The van der Waals surface area contributed by atoms with E-state index in [1.807, 2.05) is 4.31 Å². The molecule has 1 aliphatic carbocycles. The summed E-state index contributed by atoms with van der Waals surface area (Å²) in [4.78, 5) is 0. The SMILES string of the molecule is CCC1CCCN1S(=O)(=O)C1CCCCC1. The van der Waals surface area contributed by atoms with Crippen LogP contribution >= 0.6 is 0 Å². The lowest BCUT2D eigenvalue weighted by atomic mass is 10.0. The van der Waals surface area contributed by atoms with Gasteiger partial charge in [-0.25, -0.2) is 8.42 Å². The summed E-state index contributed by atoms with van der Waals surface area (Å²) in [5.74, 6) is 0. The van der Waals surface area contributed by atoms with Crippen molar-refractivity contribution in [2.24, 2.45) is 0 Å². The molecule has 1 unspecified atom stereocenters. The predicted octanol–water partition coefficient (Wildman–Crippen LogP) is 2.52. The molecule has 2 rings (SSSR count). The molecule has 0 radical (unpaired) electrons. The van der Waals surface area contributed by atoms with Crippen LogP contribution in [0.25, 0.3) is 0 Å². The fraction of sp³-hybridized carbons (Fsp3) is 1.00. The Kier molecular flexibility index (Phi) is 3.90. The van der Waals surface area contributed by atoms with Crippen molar-refractivity contribution < 1.29 is 8.42 Å². The Morgan fingerprint density at radius 1 is 1.06 bits per heavy atom. The molecule has 4 heteroatoms. The van der Waals surface area contributed by atoms with Crippen molar-refractivity contribution in [3.63, 3.8) is 0 Å². The second-order valence-electron chi connectivity index (χ2n) is 5.12. The summed E-state index contributed by atoms with van der Waals surface area (Å²) in [5.41, 5.74) is 0. The van der Waals surface area contributed by atoms with Crippen molar-refractivity contribution in [3.05, 3.63) is 0 Å². The Morgan fingerprint density at radius 3 is 2.38 bits per heavy atom. The van der Waals surface area contributed by atoms with Crippen molar-refractivity contribution in [3.8, 4) is 0 Å². The van der Waals surface area contributed by atoms with Gasteiger partial charge in [0.15, 0.2) is 0 Å². The third kappa shape index (κ3) is 2.28. The van der Waals surface area contributed by atoms with Crippen LogP contribution in [0.4, 0.5) is 0 Å². The van der Waals surface area contributed by atoms with Crippen LogP contribution < -0.4 is 0 Å². The topological polar surface area (TPSA) is 37.4 Å². The summed E-state index contributed by atoms with van der Waals surface area (Å²) >= 11 is 0. The van der Waals surface area contributed by atoms with Crippen molar-refractivity contribution in [2.45, 2.75) is 69.6 Å². The van der Waals surface area contributed by atoms with Gasteiger partial charge in [-0.15, -0.1) is 0 Å². The molecule has 1 saturated carbocycles. The average molecular weight is 245 g/mol. The van der Waals surface area contributed by atoms with Crippen LogP contribution in [0.15, 0.2) is 0 Å². The van der Waals surface area contributed by atoms with Crippen molar-refractivity contribution in [1.82, 2.24) is 4.31 Å². The molecule has 2 aliphatic rings. The molecule has 94 valence electrons. The second kappa shape index (κ2) is 5.05. The monoisotopic (exact) mass is 245 g/mol. The molecule has 1 aliphatic heterocycles. The van der Waals surface area contributed by atoms with Gasteiger partial charge in [0.2, 0.25) is 10.0 Å². The summed E-state index contributed by atoms with van der Waals surface area (Å²) in [6.07, 6.45) is 8.23. The van der Waals surface area contributed by atoms with Crippen LogP contribution in [-0.2, 0) is 10.0 Å². The molecule has 0 amide bonds. The minimum Gasteiger partial charge on any atom is -0.212 e. The number of hydrogen-bond donors (Lipinski definition) is 0. The van der Waals surface area contributed by atoms with Crippen LogP contribution in [0.1, 0.15) is 58.3 Å². The van der Waals surface area contributed by atoms with E-state index in [1.54, 1.807) is 0 Å². The predicted molar refractivity (Wildman–Crippen MR) is 65.8 cm³/mol. The standard InChI is InChI=1S/C12H23NO2S/c1-2-11-7-6-10-13(11)16(14,15)12-8-4-3-5-9-12/h11-12H,2-10H2,1H3. The first-order chi connectivity index (χ1) is 7.66. The van der Waals surface area contributed by atoms with Gasteiger partial charge in [-0.1, -0.05) is 26.2 Å². The van der Waals surface area contributed by atoms with Gasteiger partial charge < -0.3 is 0 Å². The van der Waals surface area contributed by atoms with Crippen molar-refractivity contribution >= 4 is 10.0 Å². The van der Waals surface area contributed by atoms with Gasteiger partial charge >= 0.3 is 0 Å². The fourth-order valence-electron chi connectivity index (χ4n) is 3.11.